The van der Waals surface area contributed by atoms with Gasteiger partial charge in [-0.1, -0.05) is 50.7 Å². The number of pyridine rings is 1. The van der Waals surface area contributed by atoms with Crippen molar-refractivity contribution in [3.8, 4) is 0 Å². The summed E-state index contributed by atoms with van der Waals surface area (Å²) in [7, 11) is 0. The molecule has 0 spiro atoms. The molecular formula is C17H21NOS. The third kappa shape index (κ3) is 3.84. The highest BCUT2D eigenvalue weighted by atomic mass is 32.2. The maximum atomic E-state index is 9.46. The Morgan fingerprint density at radius 2 is 1.70 bits per heavy atom. The van der Waals surface area contributed by atoms with Crippen LogP contribution < -0.4 is 0 Å². The Hall–Kier alpha value is -1.32. The maximum absolute atomic E-state index is 9.46. The quantitative estimate of drug-likeness (QED) is 0.896. The van der Waals surface area contributed by atoms with Crippen molar-refractivity contribution >= 4 is 11.8 Å². The van der Waals surface area contributed by atoms with Crippen LogP contribution in [0.15, 0.2) is 52.5 Å². The van der Waals surface area contributed by atoms with E-state index in [0.717, 1.165) is 10.6 Å². The van der Waals surface area contributed by atoms with Gasteiger partial charge in [-0.05, 0) is 41.7 Å². The Balaban J connectivity index is 2.10. The van der Waals surface area contributed by atoms with E-state index in [1.165, 1.54) is 10.5 Å². The first-order chi connectivity index (χ1) is 9.36. The van der Waals surface area contributed by atoms with Gasteiger partial charge in [0.25, 0.3) is 0 Å². The molecule has 0 aliphatic rings. The van der Waals surface area contributed by atoms with E-state index in [1.54, 1.807) is 24.9 Å². The van der Waals surface area contributed by atoms with Crippen molar-refractivity contribution in [2.75, 3.05) is 0 Å². The first-order valence-electron chi connectivity index (χ1n) is 6.79. The van der Waals surface area contributed by atoms with Crippen LogP contribution in [0.2, 0.25) is 0 Å². The first-order valence-corrected chi connectivity index (χ1v) is 7.60. The summed E-state index contributed by atoms with van der Waals surface area (Å²) < 4.78 is 0. The molecule has 2 rings (SSSR count). The average Bonchev–Trinajstić information content (AvgIpc) is 2.39. The summed E-state index contributed by atoms with van der Waals surface area (Å²) >= 11 is 1.63. The van der Waals surface area contributed by atoms with Crippen molar-refractivity contribution in [3.05, 3.63) is 53.7 Å². The van der Waals surface area contributed by atoms with Gasteiger partial charge in [0.15, 0.2) is 0 Å². The molecule has 106 valence electrons. The minimum Gasteiger partial charge on any atom is -0.389 e. The van der Waals surface area contributed by atoms with Gasteiger partial charge in [0.2, 0.25) is 0 Å². The number of aromatic nitrogens is 1. The highest BCUT2D eigenvalue weighted by Crippen LogP contribution is 2.29. The predicted molar refractivity (Wildman–Crippen MR) is 84.1 cm³/mol. The van der Waals surface area contributed by atoms with E-state index in [9.17, 15) is 5.11 Å². The maximum Gasteiger partial charge on any atom is 0.101 e. The van der Waals surface area contributed by atoms with Crippen molar-refractivity contribution in [2.24, 2.45) is 0 Å². The SMILES string of the molecule is CC(O)c1ccc(Sc2ccc(C(C)(C)C)cc2)nc1. The average molecular weight is 287 g/mol. The van der Waals surface area contributed by atoms with Crippen LogP contribution >= 0.6 is 11.8 Å². The van der Waals surface area contributed by atoms with Gasteiger partial charge < -0.3 is 5.11 Å². The molecule has 0 aliphatic carbocycles. The summed E-state index contributed by atoms with van der Waals surface area (Å²) in [5.74, 6) is 0. The molecule has 20 heavy (non-hydrogen) atoms. The van der Waals surface area contributed by atoms with Gasteiger partial charge in [0.1, 0.15) is 5.03 Å². The molecule has 0 saturated carbocycles. The smallest absolute Gasteiger partial charge is 0.101 e. The Kier molecular flexibility index (Phi) is 4.51. The van der Waals surface area contributed by atoms with Crippen LogP contribution in [0.25, 0.3) is 0 Å². The Labute approximate surface area is 125 Å². The van der Waals surface area contributed by atoms with Gasteiger partial charge in [0, 0.05) is 11.1 Å². The fourth-order valence-electron chi connectivity index (χ4n) is 1.84. The molecular weight excluding hydrogens is 266 g/mol. The van der Waals surface area contributed by atoms with Crippen LogP contribution in [0.4, 0.5) is 0 Å². The summed E-state index contributed by atoms with van der Waals surface area (Å²) in [5, 5.41) is 10.4. The van der Waals surface area contributed by atoms with Crippen LogP contribution in [0.3, 0.4) is 0 Å². The lowest BCUT2D eigenvalue weighted by Gasteiger charge is -2.19. The number of aliphatic hydroxyl groups is 1. The van der Waals surface area contributed by atoms with Crippen molar-refractivity contribution in [2.45, 2.75) is 49.1 Å². The zero-order valence-corrected chi connectivity index (χ0v) is 13.2. The predicted octanol–water partition coefficient (Wildman–Crippen LogP) is 4.58. The summed E-state index contributed by atoms with van der Waals surface area (Å²) in [6.07, 6.45) is 1.27. The minimum atomic E-state index is -0.465. The van der Waals surface area contributed by atoms with Crippen LogP contribution in [-0.2, 0) is 5.41 Å². The monoisotopic (exact) mass is 287 g/mol. The zero-order valence-electron chi connectivity index (χ0n) is 12.4. The number of aliphatic hydroxyl groups excluding tert-OH is 1. The summed E-state index contributed by atoms with van der Waals surface area (Å²) in [6, 6.07) is 12.5. The second kappa shape index (κ2) is 5.98. The van der Waals surface area contributed by atoms with E-state index in [-0.39, 0.29) is 5.41 Å². The lowest BCUT2D eigenvalue weighted by Crippen LogP contribution is -2.10. The highest BCUT2D eigenvalue weighted by molar-refractivity contribution is 7.99. The molecule has 2 aromatic rings. The number of hydrogen-bond donors (Lipinski definition) is 1. The van der Waals surface area contributed by atoms with Crippen molar-refractivity contribution in [1.29, 1.82) is 0 Å². The molecule has 1 atom stereocenters. The zero-order chi connectivity index (χ0) is 14.8. The second-order valence-electron chi connectivity index (χ2n) is 5.98. The molecule has 2 nitrogen and oxygen atoms in total. The molecule has 0 aliphatic heterocycles. The van der Waals surface area contributed by atoms with Gasteiger partial charge in [0.05, 0.1) is 6.10 Å². The Morgan fingerprint density at radius 3 is 2.15 bits per heavy atom. The summed E-state index contributed by atoms with van der Waals surface area (Å²) in [5.41, 5.74) is 2.36. The summed E-state index contributed by atoms with van der Waals surface area (Å²) in [4.78, 5) is 5.55. The molecule has 0 radical (unpaired) electrons. The van der Waals surface area contributed by atoms with E-state index < -0.39 is 6.10 Å². The van der Waals surface area contributed by atoms with Crippen LogP contribution in [-0.4, -0.2) is 10.1 Å². The van der Waals surface area contributed by atoms with Crippen LogP contribution in [0.1, 0.15) is 44.9 Å². The van der Waals surface area contributed by atoms with Crippen molar-refractivity contribution in [1.82, 2.24) is 4.98 Å². The van der Waals surface area contributed by atoms with Crippen LogP contribution in [0.5, 0.6) is 0 Å². The molecule has 1 N–H and O–H groups in total. The normalized spacial score (nSPS) is 13.2. The number of benzene rings is 1. The van der Waals surface area contributed by atoms with Gasteiger partial charge in [-0.25, -0.2) is 4.98 Å². The molecule has 3 heteroatoms. The lowest BCUT2D eigenvalue weighted by atomic mass is 9.87. The van der Waals surface area contributed by atoms with E-state index in [2.05, 4.69) is 50.0 Å². The van der Waals surface area contributed by atoms with Gasteiger partial charge in [-0.3, -0.25) is 0 Å². The molecule has 0 bridgehead atoms. The van der Waals surface area contributed by atoms with Gasteiger partial charge in [-0.2, -0.15) is 0 Å². The minimum absolute atomic E-state index is 0.181. The molecule has 1 aromatic heterocycles. The second-order valence-corrected chi connectivity index (χ2v) is 7.08. The Bertz CT molecular complexity index is 553. The topological polar surface area (TPSA) is 33.1 Å². The fraction of sp³-hybridized carbons (Fsp3) is 0.353. The molecule has 1 aromatic carbocycles. The van der Waals surface area contributed by atoms with E-state index in [4.69, 9.17) is 0 Å². The van der Waals surface area contributed by atoms with Gasteiger partial charge >= 0.3 is 0 Å². The standard InChI is InChI=1S/C17H21NOS/c1-12(19)13-5-10-16(18-11-13)20-15-8-6-14(7-9-15)17(2,3)4/h5-12,19H,1-4H3. The third-order valence-corrected chi connectivity index (χ3v) is 4.14. The number of rotatable bonds is 3. The number of hydrogen-bond acceptors (Lipinski definition) is 3. The van der Waals surface area contributed by atoms with Gasteiger partial charge in [-0.15, -0.1) is 0 Å². The molecule has 0 saturated heterocycles. The molecule has 1 heterocycles. The largest absolute Gasteiger partial charge is 0.389 e. The van der Waals surface area contributed by atoms with Crippen molar-refractivity contribution < 1.29 is 5.11 Å². The van der Waals surface area contributed by atoms with E-state index in [1.807, 2.05) is 12.1 Å². The van der Waals surface area contributed by atoms with E-state index >= 15 is 0 Å². The first kappa shape index (κ1) is 15.1. The van der Waals surface area contributed by atoms with Crippen LogP contribution in [0, 0.1) is 0 Å². The molecule has 0 amide bonds. The number of nitrogens with zero attached hydrogens (tertiary/aromatic N) is 1. The lowest BCUT2D eigenvalue weighted by molar-refractivity contribution is 0.198. The molecule has 0 fully saturated rings. The molecule has 1 unspecified atom stereocenters. The highest BCUT2D eigenvalue weighted by Gasteiger charge is 2.13. The third-order valence-electron chi connectivity index (χ3n) is 3.18. The Morgan fingerprint density at radius 1 is 1.05 bits per heavy atom. The summed E-state index contributed by atoms with van der Waals surface area (Å²) in [6.45, 7) is 8.39. The fourth-order valence-corrected chi connectivity index (χ4v) is 2.60. The van der Waals surface area contributed by atoms with E-state index in [0.29, 0.717) is 0 Å². The van der Waals surface area contributed by atoms with Crippen molar-refractivity contribution in [3.63, 3.8) is 0 Å².